The van der Waals surface area contributed by atoms with Crippen LogP contribution in [-0.4, -0.2) is 39.8 Å². The highest BCUT2D eigenvalue weighted by Gasteiger charge is 2.18. The predicted molar refractivity (Wildman–Crippen MR) is 75.6 cm³/mol. The second-order valence-corrected chi connectivity index (χ2v) is 7.08. The first kappa shape index (κ1) is 15.0. The summed E-state index contributed by atoms with van der Waals surface area (Å²) >= 11 is 0. The minimum atomic E-state index is -3.32. The van der Waals surface area contributed by atoms with E-state index in [0.29, 0.717) is 17.7 Å². The maximum atomic E-state index is 12.0. The fourth-order valence-corrected chi connectivity index (χ4v) is 3.25. The van der Waals surface area contributed by atoms with Crippen molar-refractivity contribution >= 4 is 15.7 Å². The van der Waals surface area contributed by atoms with Gasteiger partial charge in [0.1, 0.15) is 0 Å². The molecular formula is C14H19NO4S. The second kappa shape index (κ2) is 5.93. The predicted octanol–water partition coefficient (Wildman–Crippen LogP) is 1.31. The summed E-state index contributed by atoms with van der Waals surface area (Å²) in [6, 6.07) is 4.71. The molecule has 1 saturated heterocycles. The minimum Gasteiger partial charge on any atom is -0.376 e. The monoisotopic (exact) mass is 297 g/mol. The summed E-state index contributed by atoms with van der Waals surface area (Å²) in [7, 11) is -3.32. The Kier molecular flexibility index (Phi) is 4.45. The first-order valence-electron chi connectivity index (χ1n) is 6.58. The molecule has 2 rings (SSSR count). The van der Waals surface area contributed by atoms with Gasteiger partial charge in [0.25, 0.3) is 5.91 Å². The lowest BCUT2D eigenvalue weighted by atomic mass is 10.1. The average molecular weight is 297 g/mol. The average Bonchev–Trinajstić information content (AvgIpc) is 2.88. The Morgan fingerprint density at radius 3 is 2.80 bits per heavy atom. The van der Waals surface area contributed by atoms with Crippen LogP contribution in [0.3, 0.4) is 0 Å². The minimum absolute atomic E-state index is 0.0683. The summed E-state index contributed by atoms with van der Waals surface area (Å²) in [6.07, 6.45) is 3.17. The fourth-order valence-electron chi connectivity index (χ4n) is 2.25. The van der Waals surface area contributed by atoms with Crippen molar-refractivity contribution in [2.75, 3.05) is 19.4 Å². The molecule has 1 amide bonds. The zero-order valence-corrected chi connectivity index (χ0v) is 12.5. The first-order valence-corrected chi connectivity index (χ1v) is 8.47. The number of sulfone groups is 1. The molecule has 1 N–H and O–H groups in total. The molecule has 1 aliphatic rings. The van der Waals surface area contributed by atoms with Crippen molar-refractivity contribution in [3.63, 3.8) is 0 Å². The standard InChI is InChI=1S/C14H19NO4S/c1-10-5-6-11(8-13(10)20(2,17)18)14(16)15-9-12-4-3-7-19-12/h5-6,8,12H,3-4,7,9H2,1-2H3,(H,15,16)/t12-/m1/s1. The van der Waals surface area contributed by atoms with Crippen LogP contribution in [0.2, 0.25) is 0 Å². The van der Waals surface area contributed by atoms with Gasteiger partial charge in [-0.25, -0.2) is 8.42 Å². The molecule has 1 aromatic carbocycles. The van der Waals surface area contributed by atoms with Crippen molar-refractivity contribution in [2.45, 2.75) is 30.8 Å². The maximum absolute atomic E-state index is 12.0. The molecule has 0 spiro atoms. The molecule has 0 radical (unpaired) electrons. The highest BCUT2D eigenvalue weighted by atomic mass is 32.2. The molecule has 5 nitrogen and oxygen atoms in total. The normalized spacial score (nSPS) is 19.0. The second-order valence-electron chi connectivity index (χ2n) is 5.10. The van der Waals surface area contributed by atoms with E-state index in [1.165, 1.54) is 6.07 Å². The Labute approximate surface area is 119 Å². The Bertz CT molecular complexity index is 604. The van der Waals surface area contributed by atoms with Crippen molar-refractivity contribution in [1.29, 1.82) is 0 Å². The van der Waals surface area contributed by atoms with Crippen LogP contribution in [0.1, 0.15) is 28.8 Å². The first-order chi connectivity index (χ1) is 9.38. The molecule has 20 heavy (non-hydrogen) atoms. The molecule has 0 unspecified atom stereocenters. The lowest BCUT2D eigenvalue weighted by molar-refractivity contribution is 0.0857. The summed E-state index contributed by atoms with van der Waals surface area (Å²) in [5.74, 6) is -0.273. The highest BCUT2D eigenvalue weighted by molar-refractivity contribution is 7.90. The largest absolute Gasteiger partial charge is 0.376 e. The van der Waals surface area contributed by atoms with E-state index in [1.807, 2.05) is 0 Å². The summed E-state index contributed by atoms with van der Waals surface area (Å²) in [5.41, 5.74) is 0.997. The number of carbonyl (C=O) groups excluding carboxylic acids is 1. The van der Waals surface area contributed by atoms with E-state index in [1.54, 1.807) is 19.1 Å². The van der Waals surface area contributed by atoms with Gasteiger partial charge in [-0.2, -0.15) is 0 Å². The van der Waals surface area contributed by atoms with Gasteiger partial charge in [0, 0.05) is 25.0 Å². The fraction of sp³-hybridized carbons (Fsp3) is 0.500. The van der Waals surface area contributed by atoms with Gasteiger partial charge in [-0.05, 0) is 37.5 Å². The molecule has 1 atom stereocenters. The molecule has 1 aliphatic heterocycles. The van der Waals surface area contributed by atoms with Crippen molar-refractivity contribution in [3.8, 4) is 0 Å². The number of rotatable bonds is 4. The van der Waals surface area contributed by atoms with E-state index in [2.05, 4.69) is 5.32 Å². The molecule has 1 aromatic rings. The van der Waals surface area contributed by atoms with Gasteiger partial charge in [0.15, 0.2) is 9.84 Å². The SMILES string of the molecule is Cc1ccc(C(=O)NC[C@H]2CCCO2)cc1S(C)(=O)=O. The van der Waals surface area contributed by atoms with Gasteiger partial charge in [-0.15, -0.1) is 0 Å². The molecule has 0 saturated carbocycles. The Morgan fingerprint density at radius 1 is 1.45 bits per heavy atom. The quantitative estimate of drug-likeness (QED) is 0.909. The number of carbonyl (C=O) groups is 1. The van der Waals surface area contributed by atoms with Gasteiger partial charge in [-0.1, -0.05) is 6.07 Å². The third-order valence-electron chi connectivity index (χ3n) is 3.36. The number of amides is 1. The van der Waals surface area contributed by atoms with Crippen LogP contribution in [-0.2, 0) is 14.6 Å². The van der Waals surface area contributed by atoms with Crippen molar-refractivity contribution in [3.05, 3.63) is 29.3 Å². The van der Waals surface area contributed by atoms with Crippen molar-refractivity contribution in [1.82, 2.24) is 5.32 Å². The van der Waals surface area contributed by atoms with E-state index in [9.17, 15) is 13.2 Å². The highest BCUT2D eigenvalue weighted by Crippen LogP contribution is 2.17. The third kappa shape index (κ3) is 3.58. The van der Waals surface area contributed by atoms with Crippen molar-refractivity contribution in [2.24, 2.45) is 0 Å². The van der Waals surface area contributed by atoms with Gasteiger partial charge in [0.05, 0.1) is 11.0 Å². The summed E-state index contributed by atoms with van der Waals surface area (Å²) in [5, 5.41) is 2.78. The molecular weight excluding hydrogens is 278 g/mol. The third-order valence-corrected chi connectivity index (χ3v) is 4.60. The van der Waals surface area contributed by atoms with E-state index < -0.39 is 9.84 Å². The van der Waals surface area contributed by atoms with Crippen LogP contribution in [0.15, 0.2) is 23.1 Å². The molecule has 1 fully saturated rings. The zero-order chi connectivity index (χ0) is 14.8. The Hall–Kier alpha value is -1.40. The molecule has 1 heterocycles. The van der Waals surface area contributed by atoms with Crippen LogP contribution in [0.25, 0.3) is 0 Å². The van der Waals surface area contributed by atoms with Crippen LogP contribution >= 0.6 is 0 Å². The Balaban J connectivity index is 2.10. The lowest BCUT2D eigenvalue weighted by Crippen LogP contribution is -2.31. The Morgan fingerprint density at radius 2 is 2.20 bits per heavy atom. The van der Waals surface area contributed by atoms with Gasteiger partial charge in [0.2, 0.25) is 0 Å². The van der Waals surface area contributed by atoms with Gasteiger partial charge < -0.3 is 10.1 Å². The summed E-state index contributed by atoms with van der Waals surface area (Å²) in [4.78, 5) is 12.2. The summed E-state index contributed by atoms with van der Waals surface area (Å²) in [6.45, 7) is 2.91. The topological polar surface area (TPSA) is 72.5 Å². The van der Waals surface area contributed by atoms with E-state index in [4.69, 9.17) is 4.74 Å². The van der Waals surface area contributed by atoms with Gasteiger partial charge in [-0.3, -0.25) is 4.79 Å². The summed E-state index contributed by atoms with van der Waals surface area (Å²) < 4.78 is 28.7. The number of aryl methyl sites for hydroxylation is 1. The maximum Gasteiger partial charge on any atom is 0.251 e. The number of hydrogen-bond acceptors (Lipinski definition) is 4. The van der Waals surface area contributed by atoms with Crippen LogP contribution in [0, 0.1) is 6.92 Å². The molecule has 6 heteroatoms. The number of ether oxygens (including phenoxy) is 1. The van der Waals surface area contributed by atoms with Crippen LogP contribution in [0.4, 0.5) is 0 Å². The number of hydrogen-bond donors (Lipinski definition) is 1. The number of nitrogens with one attached hydrogen (secondary N) is 1. The molecule has 0 bridgehead atoms. The van der Waals surface area contributed by atoms with Gasteiger partial charge >= 0.3 is 0 Å². The van der Waals surface area contributed by atoms with E-state index >= 15 is 0 Å². The van der Waals surface area contributed by atoms with E-state index in [-0.39, 0.29) is 16.9 Å². The van der Waals surface area contributed by atoms with Crippen molar-refractivity contribution < 1.29 is 17.9 Å². The zero-order valence-electron chi connectivity index (χ0n) is 11.7. The van der Waals surface area contributed by atoms with Crippen LogP contribution in [0.5, 0.6) is 0 Å². The smallest absolute Gasteiger partial charge is 0.251 e. The molecule has 0 aromatic heterocycles. The molecule has 0 aliphatic carbocycles. The lowest BCUT2D eigenvalue weighted by Gasteiger charge is -2.12. The van der Waals surface area contributed by atoms with Crippen LogP contribution < -0.4 is 5.32 Å². The molecule has 110 valence electrons. The van der Waals surface area contributed by atoms with E-state index in [0.717, 1.165) is 25.7 Å². The number of benzene rings is 1.